The molecule has 0 aliphatic carbocycles. The van der Waals surface area contributed by atoms with Gasteiger partial charge in [-0.05, 0) is 19.4 Å². The summed E-state index contributed by atoms with van der Waals surface area (Å²) in [7, 11) is 0. The Balaban J connectivity index is 1.42. The summed E-state index contributed by atoms with van der Waals surface area (Å²) >= 11 is 0. The van der Waals surface area contributed by atoms with Gasteiger partial charge in [0, 0.05) is 37.1 Å². The largest absolute Gasteiger partial charge is 0.340 e. The zero-order valence-corrected chi connectivity index (χ0v) is 15.2. The van der Waals surface area contributed by atoms with E-state index in [1.807, 2.05) is 49.1 Å². The molecule has 6 heteroatoms. The van der Waals surface area contributed by atoms with Gasteiger partial charge in [0.05, 0.1) is 23.6 Å². The van der Waals surface area contributed by atoms with Crippen molar-refractivity contribution < 1.29 is 4.79 Å². The van der Waals surface area contributed by atoms with Crippen molar-refractivity contribution in [1.29, 1.82) is 0 Å². The van der Waals surface area contributed by atoms with Crippen LogP contribution in [0.1, 0.15) is 34.8 Å². The minimum Gasteiger partial charge on any atom is -0.340 e. The van der Waals surface area contributed by atoms with E-state index in [0.29, 0.717) is 19.4 Å². The minimum atomic E-state index is 0.173. The highest BCUT2D eigenvalue weighted by molar-refractivity contribution is 5.76. The van der Waals surface area contributed by atoms with Gasteiger partial charge in [0.25, 0.3) is 0 Å². The van der Waals surface area contributed by atoms with Crippen molar-refractivity contribution in [2.24, 2.45) is 0 Å². The highest BCUT2D eigenvalue weighted by Gasteiger charge is 2.24. The molecule has 1 aliphatic heterocycles. The van der Waals surface area contributed by atoms with Crippen molar-refractivity contribution in [1.82, 2.24) is 25.1 Å². The average molecular weight is 349 g/mol. The first-order chi connectivity index (χ1) is 12.6. The number of nitrogens with zero attached hydrogens (tertiary/aromatic N) is 3. The lowest BCUT2D eigenvalue weighted by Gasteiger charge is -2.26. The highest BCUT2D eigenvalue weighted by Crippen LogP contribution is 2.23. The Kier molecular flexibility index (Phi) is 4.32. The number of carbonyl (C=O) groups is 1. The molecule has 4 rings (SSSR count). The lowest BCUT2D eigenvalue weighted by atomic mass is 10.1. The molecule has 0 radical (unpaired) electrons. The third-order valence-corrected chi connectivity index (χ3v) is 5.16. The molecular weight excluding hydrogens is 326 g/mol. The topological polar surface area (TPSA) is 77.7 Å². The summed E-state index contributed by atoms with van der Waals surface area (Å²) in [5.74, 6) is 1.05. The molecule has 6 nitrogen and oxygen atoms in total. The molecule has 134 valence electrons. The number of hydrogen-bond acceptors (Lipinski definition) is 3. The maximum absolute atomic E-state index is 12.6. The molecule has 2 aromatic heterocycles. The Bertz CT molecular complexity index is 925. The number of nitrogens with one attached hydrogen (secondary N) is 2. The maximum atomic E-state index is 12.6. The molecule has 2 N–H and O–H groups in total. The van der Waals surface area contributed by atoms with Gasteiger partial charge in [0.1, 0.15) is 5.82 Å². The van der Waals surface area contributed by atoms with Crippen LogP contribution in [0.5, 0.6) is 0 Å². The number of aromatic nitrogens is 4. The first-order valence-electron chi connectivity index (χ1n) is 9.03. The van der Waals surface area contributed by atoms with Crippen LogP contribution in [-0.2, 0) is 24.2 Å². The van der Waals surface area contributed by atoms with Crippen LogP contribution in [0.3, 0.4) is 0 Å². The number of benzene rings is 1. The van der Waals surface area contributed by atoms with E-state index in [1.165, 1.54) is 0 Å². The SMILES string of the molecule is Cc1[nH]nc(CCC(=O)N2CCc3nc(-c4ccccc4)[nH]c3C2)c1C. The van der Waals surface area contributed by atoms with E-state index in [1.54, 1.807) is 0 Å². The number of aryl methyl sites for hydroxylation is 2. The van der Waals surface area contributed by atoms with Gasteiger partial charge in [-0.2, -0.15) is 5.10 Å². The molecule has 0 spiro atoms. The lowest BCUT2D eigenvalue weighted by molar-refractivity contribution is -0.132. The normalized spacial score (nSPS) is 13.7. The number of H-pyrrole nitrogens is 2. The Morgan fingerprint density at radius 2 is 2.04 bits per heavy atom. The molecule has 26 heavy (non-hydrogen) atoms. The summed E-state index contributed by atoms with van der Waals surface area (Å²) in [4.78, 5) is 22.7. The van der Waals surface area contributed by atoms with Crippen molar-refractivity contribution in [3.8, 4) is 11.4 Å². The van der Waals surface area contributed by atoms with Crippen molar-refractivity contribution in [2.75, 3.05) is 6.54 Å². The maximum Gasteiger partial charge on any atom is 0.223 e. The molecule has 0 bridgehead atoms. The van der Waals surface area contributed by atoms with E-state index in [-0.39, 0.29) is 5.91 Å². The summed E-state index contributed by atoms with van der Waals surface area (Å²) < 4.78 is 0. The zero-order valence-electron chi connectivity index (χ0n) is 15.2. The monoisotopic (exact) mass is 349 g/mol. The van der Waals surface area contributed by atoms with E-state index >= 15 is 0 Å². The molecule has 3 heterocycles. The average Bonchev–Trinajstić information content (AvgIpc) is 3.24. The van der Waals surface area contributed by atoms with E-state index in [2.05, 4.69) is 15.2 Å². The van der Waals surface area contributed by atoms with Crippen LogP contribution in [0.2, 0.25) is 0 Å². The van der Waals surface area contributed by atoms with Crippen LogP contribution in [-0.4, -0.2) is 37.5 Å². The Labute approximate surface area is 152 Å². The fraction of sp³-hybridized carbons (Fsp3) is 0.350. The van der Waals surface area contributed by atoms with Gasteiger partial charge in [-0.1, -0.05) is 30.3 Å². The van der Waals surface area contributed by atoms with Gasteiger partial charge >= 0.3 is 0 Å². The number of carbonyl (C=O) groups excluding carboxylic acids is 1. The van der Waals surface area contributed by atoms with Crippen molar-refractivity contribution in [3.05, 3.63) is 58.7 Å². The molecule has 3 aromatic rings. The van der Waals surface area contributed by atoms with Crippen LogP contribution >= 0.6 is 0 Å². The third-order valence-electron chi connectivity index (χ3n) is 5.16. The van der Waals surface area contributed by atoms with Crippen LogP contribution in [0.4, 0.5) is 0 Å². The van der Waals surface area contributed by atoms with E-state index in [9.17, 15) is 4.79 Å². The number of hydrogen-bond donors (Lipinski definition) is 2. The molecular formula is C20H23N5O. The summed E-state index contributed by atoms with van der Waals surface area (Å²) in [6.07, 6.45) is 1.96. The number of fused-ring (bicyclic) bond motifs is 1. The summed E-state index contributed by atoms with van der Waals surface area (Å²) in [5, 5.41) is 7.28. The van der Waals surface area contributed by atoms with E-state index in [0.717, 1.165) is 52.7 Å². The predicted molar refractivity (Wildman–Crippen MR) is 99.5 cm³/mol. The Hall–Kier alpha value is -2.89. The zero-order chi connectivity index (χ0) is 18.1. The third kappa shape index (κ3) is 3.14. The second kappa shape index (κ2) is 6.78. The minimum absolute atomic E-state index is 0.173. The van der Waals surface area contributed by atoms with Gasteiger partial charge in [-0.25, -0.2) is 4.98 Å². The van der Waals surface area contributed by atoms with Gasteiger partial charge in [0.15, 0.2) is 0 Å². The van der Waals surface area contributed by atoms with Crippen LogP contribution < -0.4 is 0 Å². The molecule has 1 aliphatic rings. The molecule has 0 atom stereocenters. The predicted octanol–water partition coefficient (Wildman–Crippen LogP) is 2.93. The first kappa shape index (κ1) is 16.6. The first-order valence-corrected chi connectivity index (χ1v) is 9.03. The fourth-order valence-electron chi connectivity index (χ4n) is 3.40. The van der Waals surface area contributed by atoms with Gasteiger partial charge in [0.2, 0.25) is 5.91 Å². The number of rotatable bonds is 4. The number of aromatic amines is 2. The summed E-state index contributed by atoms with van der Waals surface area (Å²) in [5.41, 5.74) is 6.41. The van der Waals surface area contributed by atoms with Gasteiger partial charge in [-0.15, -0.1) is 0 Å². The van der Waals surface area contributed by atoms with Crippen LogP contribution in [0, 0.1) is 13.8 Å². The van der Waals surface area contributed by atoms with E-state index < -0.39 is 0 Å². The smallest absolute Gasteiger partial charge is 0.223 e. The highest BCUT2D eigenvalue weighted by atomic mass is 16.2. The molecule has 0 saturated heterocycles. The van der Waals surface area contributed by atoms with E-state index in [4.69, 9.17) is 4.98 Å². The summed E-state index contributed by atoms with van der Waals surface area (Å²) in [6, 6.07) is 10.1. The van der Waals surface area contributed by atoms with Gasteiger partial charge < -0.3 is 9.88 Å². The van der Waals surface area contributed by atoms with Crippen molar-refractivity contribution in [2.45, 2.75) is 39.7 Å². The quantitative estimate of drug-likeness (QED) is 0.760. The molecule has 0 saturated carbocycles. The fourth-order valence-corrected chi connectivity index (χ4v) is 3.40. The second-order valence-corrected chi connectivity index (χ2v) is 6.86. The van der Waals surface area contributed by atoms with Crippen LogP contribution in [0.15, 0.2) is 30.3 Å². The summed E-state index contributed by atoms with van der Waals surface area (Å²) in [6.45, 7) is 5.37. The second-order valence-electron chi connectivity index (χ2n) is 6.86. The van der Waals surface area contributed by atoms with Crippen molar-refractivity contribution >= 4 is 5.91 Å². The lowest BCUT2D eigenvalue weighted by Crippen LogP contribution is -2.36. The van der Waals surface area contributed by atoms with Crippen molar-refractivity contribution in [3.63, 3.8) is 0 Å². The van der Waals surface area contributed by atoms with Crippen LogP contribution in [0.25, 0.3) is 11.4 Å². The molecule has 1 amide bonds. The Morgan fingerprint density at radius 3 is 2.77 bits per heavy atom. The number of imidazole rings is 1. The molecule has 1 aromatic carbocycles. The van der Waals surface area contributed by atoms with Gasteiger partial charge in [-0.3, -0.25) is 9.89 Å². The molecule has 0 fully saturated rings. The standard InChI is InChI=1S/C20H23N5O/c1-13-14(2)23-24-16(13)8-9-19(26)25-11-10-17-18(12-25)22-20(21-17)15-6-4-3-5-7-15/h3-7H,8-12H2,1-2H3,(H,21,22)(H,23,24). The Morgan fingerprint density at radius 1 is 1.23 bits per heavy atom. The molecule has 0 unspecified atom stereocenters. The number of amides is 1.